The van der Waals surface area contributed by atoms with E-state index in [0.29, 0.717) is 26.3 Å². The molecule has 0 aromatic carbocycles. The molecule has 12 heteroatoms. The summed E-state index contributed by atoms with van der Waals surface area (Å²) in [4.78, 5) is 13.1. The number of nitrogens with zero attached hydrogens (tertiary/aromatic N) is 2. The quantitative estimate of drug-likeness (QED) is 0.761. The average molecular weight is 440 g/mol. The predicted molar refractivity (Wildman–Crippen MR) is 95.5 cm³/mol. The summed E-state index contributed by atoms with van der Waals surface area (Å²) in [5, 5.41) is 7.12. The topological polar surface area (TPSA) is 106 Å². The van der Waals surface area contributed by atoms with Crippen molar-refractivity contribution in [2.75, 3.05) is 26.0 Å². The number of sulfonamides is 1. The zero-order valence-electron chi connectivity index (χ0n) is 15.8. The van der Waals surface area contributed by atoms with Crippen molar-refractivity contribution in [1.82, 2.24) is 9.29 Å². The number of hydrogen-bond donors (Lipinski definition) is 1. The van der Waals surface area contributed by atoms with Crippen molar-refractivity contribution in [3.05, 3.63) is 30.1 Å². The lowest BCUT2D eigenvalue weighted by Crippen LogP contribution is -2.46. The third-order valence-corrected chi connectivity index (χ3v) is 6.02. The summed E-state index contributed by atoms with van der Waals surface area (Å²) < 4.78 is 68.3. The van der Waals surface area contributed by atoms with Crippen LogP contribution >= 0.6 is 0 Å². The molecular formula is C17H23F3N2O6S. The van der Waals surface area contributed by atoms with E-state index in [1.165, 1.54) is 10.6 Å². The normalized spacial score (nSPS) is 22.1. The fraction of sp³-hybridized carbons (Fsp3) is 0.647. The van der Waals surface area contributed by atoms with Gasteiger partial charge in [0.15, 0.2) is 0 Å². The van der Waals surface area contributed by atoms with Gasteiger partial charge in [-0.3, -0.25) is 4.98 Å². The molecule has 1 aromatic heterocycles. The minimum Gasteiger partial charge on any atom is -0.475 e. The number of carbonyl (C=O) groups is 1. The zero-order valence-corrected chi connectivity index (χ0v) is 16.6. The first-order valence-electron chi connectivity index (χ1n) is 8.82. The third kappa shape index (κ3) is 7.21. The van der Waals surface area contributed by atoms with Gasteiger partial charge in [0.05, 0.1) is 36.9 Å². The summed E-state index contributed by atoms with van der Waals surface area (Å²) in [5.41, 5.74) is 0.700. The molecule has 2 aliphatic rings. The van der Waals surface area contributed by atoms with Gasteiger partial charge >= 0.3 is 12.1 Å². The van der Waals surface area contributed by atoms with Crippen LogP contribution < -0.4 is 0 Å². The number of halogens is 3. The number of rotatable bonds is 4. The zero-order chi connectivity index (χ0) is 21.7. The number of aromatic nitrogens is 1. The number of aliphatic carboxylic acids is 1. The summed E-state index contributed by atoms with van der Waals surface area (Å²) >= 11 is 0. The molecule has 1 aromatic rings. The van der Waals surface area contributed by atoms with Crippen LogP contribution in [0.25, 0.3) is 0 Å². The van der Waals surface area contributed by atoms with E-state index < -0.39 is 22.2 Å². The monoisotopic (exact) mass is 440 g/mol. The van der Waals surface area contributed by atoms with Gasteiger partial charge in [0, 0.05) is 25.7 Å². The van der Waals surface area contributed by atoms with E-state index >= 15 is 0 Å². The molecule has 1 N–H and O–H groups in total. The minimum absolute atomic E-state index is 0.0618. The molecule has 2 saturated heterocycles. The number of carboxylic acids is 1. The maximum Gasteiger partial charge on any atom is 0.490 e. The molecule has 0 aliphatic carbocycles. The Kier molecular flexibility index (Phi) is 7.60. The van der Waals surface area contributed by atoms with Crippen molar-refractivity contribution in [2.45, 2.75) is 43.8 Å². The Morgan fingerprint density at radius 2 is 2.00 bits per heavy atom. The molecule has 164 valence electrons. The summed E-state index contributed by atoms with van der Waals surface area (Å²) in [6.07, 6.45) is 0.308. The fourth-order valence-electron chi connectivity index (χ4n) is 3.17. The number of piperidine rings is 1. The summed E-state index contributed by atoms with van der Waals surface area (Å²) in [6, 6.07) is 5.77. The first kappa shape index (κ1) is 23.5. The highest BCUT2D eigenvalue weighted by Gasteiger charge is 2.44. The first-order valence-corrected chi connectivity index (χ1v) is 10.7. The lowest BCUT2D eigenvalue weighted by Gasteiger charge is -2.37. The van der Waals surface area contributed by atoms with E-state index in [1.54, 1.807) is 6.20 Å². The average Bonchev–Trinajstić information content (AvgIpc) is 3.03. The Morgan fingerprint density at radius 1 is 1.38 bits per heavy atom. The van der Waals surface area contributed by atoms with E-state index in [2.05, 4.69) is 4.98 Å². The molecule has 1 spiro atoms. The van der Waals surface area contributed by atoms with Crippen LogP contribution in [-0.2, 0) is 30.9 Å². The van der Waals surface area contributed by atoms with Crippen LogP contribution in [0.15, 0.2) is 24.4 Å². The number of hydrogen-bond acceptors (Lipinski definition) is 6. The van der Waals surface area contributed by atoms with Crippen LogP contribution in [0, 0.1) is 0 Å². The Hall–Kier alpha value is -1.76. The van der Waals surface area contributed by atoms with E-state index in [-0.39, 0.29) is 11.7 Å². The van der Waals surface area contributed by atoms with Crippen molar-refractivity contribution in [3.8, 4) is 0 Å². The van der Waals surface area contributed by atoms with Crippen LogP contribution in [-0.4, -0.2) is 72.6 Å². The van der Waals surface area contributed by atoms with Crippen molar-refractivity contribution < 1.29 is 41.0 Å². The Bertz CT molecular complexity index is 780. The highest BCUT2D eigenvalue weighted by atomic mass is 32.2. The van der Waals surface area contributed by atoms with Gasteiger partial charge in [-0.1, -0.05) is 6.07 Å². The molecule has 1 unspecified atom stereocenters. The van der Waals surface area contributed by atoms with Crippen molar-refractivity contribution in [3.63, 3.8) is 0 Å². The molecule has 0 radical (unpaired) electrons. The second-order valence-corrected chi connectivity index (χ2v) is 8.90. The summed E-state index contributed by atoms with van der Waals surface area (Å²) in [7, 11) is -3.09. The van der Waals surface area contributed by atoms with E-state index in [4.69, 9.17) is 19.4 Å². The van der Waals surface area contributed by atoms with E-state index in [9.17, 15) is 21.6 Å². The minimum atomic E-state index is -5.08. The Balaban J connectivity index is 0.000000370. The second-order valence-electron chi connectivity index (χ2n) is 6.92. The molecule has 0 amide bonds. The fourth-order valence-corrected chi connectivity index (χ4v) is 4.02. The van der Waals surface area contributed by atoms with Gasteiger partial charge in [-0.05, 0) is 25.0 Å². The highest BCUT2D eigenvalue weighted by molar-refractivity contribution is 7.88. The van der Waals surface area contributed by atoms with Gasteiger partial charge in [0.1, 0.15) is 0 Å². The highest BCUT2D eigenvalue weighted by Crippen LogP contribution is 2.37. The molecule has 3 heterocycles. The number of carboxylic acid groups (broad SMARTS) is 1. The maximum atomic E-state index is 11.6. The molecule has 1 atom stereocenters. The molecule has 29 heavy (non-hydrogen) atoms. The van der Waals surface area contributed by atoms with Gasteiger partial charge in [-0.2, -0.15) is 13.2 Å². The maximum absolute atomic E-state index is 11.6. The van der Waals surface area contributed by atoms with Gasteiger partial charge in [-0.25, -0.2) is 17.5 Å². The molecular weight excluding hydrogens is 417 g/mol. The van der Waals surface area contributed by atoms with Crippen molar-refractivity contribution >= 4 is 16.0 Å². The van der Waals surface area contributed by atoms with Gasteiger partial charge < -0.3 is 14.6 Å². The van der Waals surface area contributed by atoms with Crippen LogP contribution in [0.4, 0.5) is 13.2 Å². The van der Waals surface area contributed by atoms with Crippen LogP contribution in [0.5, 0.6) is 0 Å². The van der Waals surface area contributed by atoms with Crippen molar-refractivity contribution in [2.24, 2.45) is 0 Å². The SMILES string of the molecule is CS(=O)(=O)N1CCC2(CC1)CC(OCc1ccccn1)CO2.O=C(O)C(F)(F)F. The van der Waals surface area contributed by atoms with E-state index in [0.717, 1.165) is 25.0 Å². The Labute approximate surface area is 166 Å². The summed E-state index contributed by atoms with van der Waals surface area (Å²) in [6.45, 7) is 2.13. The smallest absolute Gasteiger partial charge is 0.475 e. The van der Waals surface area contributed by atoms with Gasteiger partial charge in [0.2, 0.25) is 10.0 Å². The molecule has 0 saturated carbocycles. The lowest BCUT2D eigenvalue weighted by molar-refractivity contribution is -0.192. The van der Waals surface area contributed by atoms with Crippen LogP contribution in [0.2, 0.25) is 0 Å². The molecule has 8 nitrogen and oxygen atoms in total. The number of ether oxygens (including phenoxy) is 2. The standard InChI is InChI=1S/C15H22N2O4S.C2HF3O2/c1-22(18,19)17-8-5-15(6-9-17)10-14(12-21-15)20-11-13-4-2-3-7-16-13;3-2(4,5)1(6)7/h2-4,7,14H,5-6,8-12H2,1H3;(H,6,7). The summed E-state index contributed by atoms with van der Waals surface area (Å²) in [5.74, 6) is -2.76. The molecule has 2 fully saturated rings. The second kappa shape index (κ2) is 9.37. The van der Waals surface area contributed by atoms with Crippen LogP contribution in [0.3, 0.4) is 0 Å². The lowest BCUT2D eigenvalue weighted by atomic mass is 9.89. The molecule has 0 bridgehead atoms. The third-order valence-electron chi connectivity index (χ3n) is 4.71. The van der Waals surface area contributed by atoms with E-state index in [1.807, 2.05) is 18.2 Å². The molecule has 3 rings (SSSR count). The van der Waals surface area contributed by atoms with Gasteiger partial charge in [-0.15, -0.1) is 0 Å². The Morgan fingerprint density at radius 3 is 2.48 bits per heavy atom. The molecule has 2 aliphatic heterocycles. The van der Waals surface area contributed by atoms with Gasteiger partial charge in [0.25, 0.3) is 0 Å². The first-order chi connectivity index (χ1) is 13.4. The predicted octanol–water partition coefficient (Wildman–Crippen LogP) is 1.81. The van der Waals surface area contributed by atoms with Crippen molar-refractivity contribution in [1.29, 1.82) is 0 Å². The largest absolute Gasteiger partial charge is 0.490 e. The number of alkyl halides is 3. The number of pyridine rings is 1. The van der Waals surface area contributed by atoms with Crippen LogP contribution in [0.1, 0.15) is 25.0 Å².